The Balaban J connectivity index is 3.05. The van der Waals surface area contributed by atoms with Crippen molar-refractivity contribution in [2.45, 2.75) is 28.9 Å². The van der Waals surface area contributed by atoms with E-state index in [1.165, 1.54) is 0 Å². The van der Waals surface area contributed by atoms with E-state index < -0.39 is 9.84 Å². The smallest absolute Gasteiger partial charge is 0.180 e. The van der Waals surface area contributed by atoms with Gasteiger partial charge in [-0.3, -0.25) is 0 Å². The molecule has 3 nitrogen and oxygen atoms in total. The first-order valence-corrected chi connectivity index (χ1v) is 7.51. The van der Waals surface area contributed by atoms with E-state index >= 15 is 0 Å². The van der Waals surface area contributed by atoms with Crippen LogP contribution in [0.5, 0.6) is 0 Å². The van der Waals surface area contributed by atoms with E-state index in [4.69, 9.17) is 0 Å². The van der Waals surface area contributed by atoms with Crippen LogP contribution in [0.2, 0.25) is 0 Å². The van der Waals surface area contributed by atoms with Crippen LogP contribution in [0.15, 0.2) is 29.2 Å². The topological polar surface area (TPSA) is 46.2 Å². The number of sulfone groups is 1. The molecule has 0 aliphatic rings. The Morgan fingerprint density at radius 2 is 1.69 bits per heavy atom. The largest absolute Gasteiger partial charge is 0.304 e. The summed E-state index contributed by atoms with van der Waals surface area (Å²) in [5, 5.41) is 2.64. The van der Waals surface area contributed by atoms with Crippen LogP contribution in [0, 0.1) is 0 Å². The van der Waals surface area contributed by atoms with Gasteiger partial charge >= 0.3 is 0 Å². The van der Waals surface area contributed by atoms with Crippen LogP contribution in [0.3, 0.4) is 0 Å². The average molecular weight is 306 g/mol. The van der Waals surface area contributed by atoms with Gasteiger partial charge in [0.1, 0.15) is 0 Å². The van der Waals surface area contributed by atoms with Crippen molar-refractivity contribution < 1.29 is 8.42 Å². The van der Waals surface area contributed by atoms with Crippen molar-refractivity contribution in [3.8, 4) is 0 Å². The summed E-state index contributed by atoms with van der Waals surface area (Å²) in [6, 6.07) is 6.92. The normalized spacial score (nSPS) is 14.1. The van der Waals surface area contributed by atoms with Gasteiger partial charge in [0, 0.05) is 0 Å². The Morgan fingerprint density at radius 1 is 1.19 bits per heavy atom. The van der Waals surface area contributed by atoms with Gasteiger partial charge in [-0.05, 0) is 38.6 Å². The van der Waals surface area contributed by atoms with Crippen LogP contribution in [0.1, 0.15) is 24.4 Å². The molecular formula is C11H16BrNO2S. The molecule has 1 atom stereocenters. The summed E-state index contributed by atoms with van der Waals surface area (Å²) < 4.78 is 23.7. The third-order valence-corrected chi connectivity index (χ3v) is 5.53. The number of alkyl halides is 1. The van der Waals surface area contributed by atoms with Crippen molar-refractivity contribution in [3.05, 3.63) is 29.8 Å². The molecule has 0 aliphatic carbocycles. The summed E-state index contributed by atoms with van der Waals surface area (Å²) in [4.78, 5) is 0.422. The number of hydrogen-bond donors (Lipinski definition) is 1. The maximum absolute atomic E-state index is 11.9. The van der Waals surface area contributed by atoms with E-state index in [1.807, 2.05) is 19.2 Å². The molecule has 0 saturated heterocycles. The highest BCUT2D eigenvalue weighted by molar-refractivity contribution is 9.09. The van der Waals surface area contributed by atoms with Gasteiger partial charge in [0.25, 0.3) is 0 Å². The highest BCUT2D eigenvalue weighted by Crippen LogP contribution is 2.22. The summed E-state index contributed by atoms with van der Waals surface area (Å²) in [6.07, 6.45) is 0. The molecule has 1 rings (SSSR count). The minimum Gasteiger partial charge on any atom is -0.304 e. The molecule has 0 saturated carbocycles. The second-order valence-electron chi connectivity index (χ2n) is 3.81. The molecule has 90 valence electrons. The van der Waals surface area contributed by atoms with Crippen LogP contribution in [0.25, 0.3) is 0 Å². The van der Waals surface area contributed by atoms with Gasteiger partial charge < -0.3 is 5.32 Å². The zero-order chi connectivity index (χ0) is 12.3. The molecule has 0 fully saturated rings. The molecule has 1 aromatic rings. The molecule has 0 bridgehead atoms. The maximum Gasteiger partial charge on any atom is 0.180 e. The van der Waals surface area contributed by atoms with Gasteiger partial charge in [-0.1, -0.05) is 28.1 Å². The van der Waals surface area contributed by atoms with Gasteiger partial charge in [0.15, 0.2) is 9.84 Å². The van der Waals surface area contributed by atoms with E-state index in [0.29, 0.717) is 4.90 Å². The van der Waals surface area contributed by atoms with E-state index in [0.717, 1.165) is 5.56 Å². The monoisotopic (exact) mass is 305 g/mol. The molecule has 1 N–H and O–H groups in total. The molecule has 16 heavy (non-hydrogen) atoms. The van der Waals surface area contributed by atoms with Crippen molar-refractivity contribution >= 4 is 25.8 Å². The molecular weight excluding hydrogens is 290 g/mol. The van der Waals surface area contributed by atoms with E-state index in [2.05, 4.69) is 21.2 Å². The van der Waals surface area contributed by atoms with Crippen LogP contribution in [-0.4, -0.2) is 20.7 Å². The number of hydrogen-bond acceptors (Lipinski definition) is 3. The lowest BCUT2D eigenvalue weighted by Gasteiger charge is -2.11. The summed E-state index contributed by atoms with van der Waals surface area (Å²) in [6.45, 7) is 3.37. The van der Waals surface area contributed by atoms with Gasteiger partial charge in [-0.25, -0.2) is 8.42 Å². The Labute approximate surface area is 105 Å². The van der Waals surface area contributed by atoms with E-state index in [9.17, 15) is 8.42 Å². The quantitative estimate of drug-likeness (QED) is 0.687. The Bertz CT molecular complexity index is 440. The fraction of sp³-hybridized carbons (Fsp3) is 0.455. The molecule has 1 aromatic carbocycles. The lowest BCUT2D eigenvalue weighted by molar-refractivity contribution is 0.587. The van der Waals surface area contributed by atoms with Gasteiger partial charge in [-0.2, -0.15) is 0 Å². The van der Waals surface area contributed by atoms with Crippen LogP contribution >= 0.6 is 15.9 Å². The highest BCUT2D eigenvalue weighted by atomic mass is 79.9. The third-order valence-electron chi connectivity index (χ3n) is 2.38. The third kappa shape index (κ3) is 2.84. The van der Waals surface area contributed by atoms with Crippen molar-refractivity contribution in [3.63, 3.8) is 0 Å². The summed E-state index contributed by atoms with van der Waals surface area (Å²) in [7, 11) is -1.33. The minimum absolute atomic E-state index is 0.0447. The lowest BCUT2D eigenvalue weighted by atomic mass is 10.2. The van der Waals surface area contributed by atoms with E-state index in [1.54, 1.807) is 26.0 Å². The maximum atomic E-state index is 11.9. The Kier molecular flexibility index (Phi) is 4.52. The summed E-state index contributed by atoms with van der Waals surface area (Å²) in [5.74, 6) is 0. The van der Waals surface area contributed by atoms with E-state index in [-0.39, 0.29) is 10.2 Å². The first kappa shape index (κ1) is 13.7. The van der Waals surface area contributed by atoms with Crippen molar-refractivity contribution in [1.82, 2.24) is 5.32 Å². The molecule has 1 unspecified atom stereocenters. The second kappa shape index (κ2) is 5.29. The van der Waals surface area contributed by atoms with Crippen LogP contribution < -0.4 is 5.32 Å². The fourth-order valence-electron chi connectivity index (χ4n) is 1.27. The zero-order valence-electron chi connectivity index (χ0n) is 9.57. The van der Waals surface area contributed by atoms with Crippen molar-refractivity contribution in [2.24, 2.45) is 0 Å². The molecule has 0 amide bonds. The number of benzene rings is 1. The SMILES string of the molecule is CNC(Br)c1ccc(S(=O)(=O)C(C)C)cc1. The predicted molar refractivity (Wildman–Crippen MR) is 69.5 cm³/mol. The Hall–Kier alpha value is -0.390. The predicted octanol–water partition coefficient (Wildman–Crippen LogP) is 2.48. The van der Waals surface area contributed by atoms with Gasteiger partial charge in [-0.15, -0.1) is 0 Å². The molecule has 0 spiro atoms. The first-order chi connectivity index (χ1) is 7.39. The lowest BCUT2D eigenvalue weighted by Crippen LogP contribution is -2.14. The molecule has 0 heterocycles. The van der Waals surface area contributed by atoms with Crippen molar-refractivity contribution in [2.75, 3.05) is 7.05 Å². The van der Waals surface area contributed by atoms with Crippen molar-refractivity contribution in [1.29, 1.82) is 0 Å². The molecule has 0 aromatic heterocycles. The summed E-state index contributed by atoms with van der Waals surface area (Å²) >= 11 is 3.43. The molecule has 0 radical (unpaired) electrons. The molecule has 0 aliphatic heterocycles. The van der Waals surface area contributed by atoms with Gasteiger partial charge in [0.05, 0.1) is 15.1 Å². The standard InChI is InChI=1S/C11H16BrNO2S/c1-8(2)16(14,15)10-6-4-9(5-7-10)11(12)13-3/h4-8,11,13H,1-3H3. The number of nitrogens with one attached hydrogen (secondary N) is 1. The second-order valence-corrected chi connectivity index (χ2v) is 7.23. The zero-order valence-corrected chi connectivity index (χ0v) is 12.0. The Morgan fingerprint density at radius 3 is 2.06 bits per heavy atom. The highest BCUT2D eigenvalue weighted by Gasteiger charge is 2.19. The average Bonchev–Trinajstić information content (AvgIpc) is 2.28. The van der Waals surface area contributed by atoms with Gasteiger partial charge in [0.2, 0.25) is 0 Å². The minimum atomic E-state index is -3.16. The number of halogens is 1. The fourth-order valence-corrected chi connectivity index (χ4v) is 2.63. The van der Waals surface area contributed by atoms with Crippen LogP contribution in [-0.2, 0) is 9.84 Å². The van der Waals surface area contributed by atoms with Crippen LogP contribution in [0.4, 0.5) is 0 Å². The molecule has 5 heteroatoms. The first-order valence-electron chi connectivity index (χ1n) is 5.04. The summed E-state index contributed by atoms with van der Waals surface area (Å²) in [5.41, 5.74) is 1.00. The number of rotatable bonds is 4.